The number of fused-ring (bicyclic) bond motifs is 1. The van der Waals surface area contributed by atoms with Crippen molar-refractivity contribution >= 4 is 10.9 Å². The second-order valence-corrected chi connectivity index (χ2v) is 8.15. The Morgan fingerprint density at radius 3 is 2.55 bits per heavy atom. The van der Waals surface area contributed by atoms with Crippen molar-refractivity contribution in [1.29, 1.82) is 0 Å². The van der Waals surface area contributed by atoms with Gasteiger partial charge in [-0.15, -0.1) is 0 Å². The van der Waals surface area contributed by atoms with Gasteiger partial charge in [0.25, 0.3) is 0 Å². The predicted octanol–water partition coefficient (Wildman–Crippen LogP) is 6.34. The van der Waals surface area contributed by atoms with Gasteiger partial charge in [-0.25, -0.2) is 14.1 Å². The predicted molar refractivity (Wildman–Crippen MR) is 116 cm³/mol. The SMILES string of the molecule is CCc1nc2c(F)ccc([O])c2c(OC(F)F)c1Cc1ccc(-n2nccc2C2CC2)cc1. The zero-order valence-corrected chi connectivity index (χ0v) is 17.9. The topological polar surface area (TPSA) is 59.8 Å². The first-order chi connectivity index (χ1) is 16.0. The number of halogens is 3. The van der Waals surface area contributed by atoms with Crippen LogP contribution in [0.25, 0.3) is 16.6 Å². The maximum absolute atomic E-state index is 14.4. The van der Waals surface area contributed by atoms with E-state index in [0.717, 1.165) is 36.2 Å². The molecule has 0 bridgehead atoms. The zero-order chi connectivity index (χ0) is 23.1. The third kappa shape index (κ3) is 4.01. The summed E-state index contributed by atoms with van der Waals surface area (Å²) in [6, 6.07) is 11.6. The van der Waals surface area contributed by atoms with Crippen molar-refractivity contribution in [2.75, 3.05) is 0 Å². The largest absolute Gasteiger partial charge is 0.434 e. The lowest BCUT2D eigenvalue weighted by Gasteiger charge is -2.17. The number of benzene rings is 2. The Morgan fingerprint density at radius 1 is 1.12 bits per heavy atom. The van der Waals surface area contributed by atoms with Crippen molar-refractivity contribution in [1.82, 2.24) is 14.8 Å². The molecule has 0 N–H and O–H groups in total. The first-order valence-electron chi connectivity index (χ1n) is 10.8. The molecule has 0 atom stereocenters. The van der Waals surface area contributed by atoms with Crippen LogP contribution in [-0.4, -0.2) is 21.4 Å². The minimum atomic E-state index is -3.16. The van der Waals surface area contributed by atoms with Gasteiger partial charge < -0.3 is 4.74 Å². The zero-order valence-electron chi connectivity index (χ0n) is 17.9. The lowest BCUT2D eigenvalue weighted by molar-refractivity contribution is -0.0494. The number of pyridine rings is 1. The summed E-state index contributed by atoms with van der Waals surface area (Å²) in [4.78, 5) is 4.30. The first-order valence-corrected chi connectivity index (χ1v) is 10.8. The number of ether oxygens (including phenoxy) is 1. The maximum Gasteiger partial charge on any atom is 0.387 e. The molecule has 0 aliphatic heterocycles. The van der Waals surface area contributed by atoms with E-state index in [2.05, 4.69) is 10.1 Å². The van der Waals surface area contributed by atoms with Crippen molar-refractivity contribution in [3.05, 3.63) is 77.0 Å². The number of aromatic nitrogens is 3. The van der Waals surface area contributed by atoms with Crippen LogP contribution in [-0.2, 0) is 17.9 Å². The van der Waals surface area contributed by atoms with Gasteiger partial charge in [0.05, 0.1) is 11.1 Å². The molecule has 0 amide bonds. The van der Waals surface area contributed by atoms with Gasteiger partial charge in [-0.1, -0.05) is 19.1 Å². The highest BCUT2D eigenvalue weighted by atomic mass is 19.3. The molecule has 0 unspecified atom stereocenters. The Kier molecular flexibility index (Phi) is 5.44. The summed E-state index contributed by atoms with van der Waals surface area (Å²) in [6.07, 6.45) is 4.67. The molecule has 1 saturated carbocycles. The number of hydrogen-bond donors (Lipinski definition) is 0. The minimum absolute atomic E-state index is 0.207. The summed E-state index contributed by atoms with van der Waals surface area (Å²) >= 11 is 0. The molecule has 1 aliphatic rings. The number of nitrogens with zero attached hydrogens (tertiary/aromatic N) is 3. The van der Waals surface area contributed by atoms with Crippen LogP contribution in [0.2, 0.25) is 0 Å². The Bertz CT molecular complexity index is 1310. The number of alkyl halides is 2. The van der Waals surface area contributed by atoms with E-state index >= 15 is 0 Å². The van der Waals surface area contributed by atoms with Gasteiger partial charge in [0, 0.05) is 35.5 Å². The molecule has 1 radical (unpaired) electrons. The number of aryl methyl sites for hydroxylation is 1. The highest BCUT2D eigenvalue weighted by Gasteiger charge is 2.27. The molecule has 8 heteroatoms. The van der Waals surface area contributed by atoms with Crippen LogP contribution in [0, 0.1) is 5.82 Å². The van der Waals surface area contributed by atoms with Crippen LogP contribution < -0.4 is 4.74 Å². The second kappa shape index (κ2) is 8.42. The fraction of sp³-hybridized carbons (Fsp3) is 0.280. The van der Waals surface area contributed by atoms with Gasteiger partial charge in [0.2, 0.25) is 0 Å². The fourth-order valence-electron chi connectivity index (χ4n) is 4.23. The molecule has 2 aromatic heterocycles. The summed E-state index contributed by atoms with van der Waals surface area (Å²) < 4.78 is 47.7. The van der Waals surface area contributed by atoms with Gasteiger partial charge in [0.15, 0.2) is 5.75 Å². The van der Waals surface area contributed by atoms with Gasteiger partial charge in [-0.2, -0.15) is 13.9 Å². The smallest absolute Gasteiger partial charge is 0.387 e. The van der Waals surface area contributed by atoms with Crippen LogP contribution in [0.1, 0.15) is 48.2 Å². The molecule has 2 aromatic carbocycles. The van der Waals surface area contributed by atoms with E-state index in [-0.39, 0.29) is 23.1 Å². The van der Waals surface area contributed by atoms with Crippen molar-refractivity contribution in [3.63, 3.8) is 0 Å². The van der Waals surface area contributed by atoms with Crippen molar-refractivity contribution in [2.45, 2.75) is 45.1 Å². The van der Waals surface area contributed by atoms with E-state index in [4.69, 9.17) is 4.74 Å². The summed E-state index contributed by atoms with van der Waals surface area (Å²) in [5, 5.41) is 16.6. The number of rotatable bonds is 7. The van der Waals surface area contributed by atoms with Gasteiger partial charge >= 0.3 is 6.61 Å². The molecule has 4 aromatic rings. The maximum atomic E-state index is 14.4. The molecule has 5 nitrogen and oxygen atoms in total. The monoisotopic (exact) mass is 452 g/mol. The third-order valence-corrected chi connectivity index (χ3v) is 5.96. The Balaban J connectivity index is 1.56. The average molecular weight is 452 g/mol. The Hall–Kier alpha value is -3.55. The van der Waals surface area contributed by atoms with Gasteiger partial charge in [0.1, 0.15) is 17.1 Å². The molecule has 169 valence electrons. The standard InChI is InChI=1S/C25H21F3N3O2/c1-2-19-17(24(33-25(27)28)22-21(32)10-9-18(26)23(22)30-19)13-14-3-7-16(8-4-14)31-20(11-12-29-31)15-5-6-15/h3-4,7-12,15,25H,2,5-6,13H2,1H3. The summed E-state index contributed by atoms with van der Waals surface area (Å²) in [5.74, 6) is -1.12. The quantitative estimate of drug-likeness (QED) is 0.329. The highest BCUT2D eigenvalue weighted by molar-refractivity contribution is 5.92. The van der Waals surface area contributed by atoms with Crippen molar-refractivity contribution in [2.24, 2.45) is 0 Å². The van der Waals surface area contributed by atoms with Gasteiger partial charge in [-0.05, 0) is 55.2 Å². The van der Waals surface area contributed by atoms with Gasteiger partial charge in [-0.3, -0.25) is 5.11 Å². The molecule has 1 aliphatic carbocycles. The van der Waals surface area contributed by atoms with E-state index < -0.39 is 18.2 Å². The lowest BCUT2D eigenvalue weighted by Crippen LogP contribution is -2.10. The lowest BCUT2D eigenvalue weighted by atomic mass is 9.98. The summed E-state index contributed by atoms with van der Waals surface area (Å²) in [5.41, 5.74) is 3.42. The van der Waals surface area contributed by atoms with Crippen LogP contribution in [0.15, 0.2) is 48.7 Å². The third-order valence-electron chi connectivity index (χ3n) is 5.96. The Labute approximate surface area is 188 Å². The van der Waals surface area contributed by atoms with E-state index in [1.165, 1.54) is 5.69 Å². The van der Waals surface area contributed by atoms with E-state index in [0.29, 0.717) is 23.6 Å². The molecule has 0 saturated heterocycles. The average Bonchev–Trinajstić information content (AvgIpc) is 3.53. The van der Waals surface area contributed by atoms with Crippen molar-refractivity contribution < 1.29 is 23.0 Å². The van der Waals surface area contributed by atoms with Crippen LogP contribution in [0.4, 0.5) is 13.2 Å². The molecule has 5 rings (SSSR count). The Morgan fingerprint density at radius 2 is 1.88 bits per heavy atom. The molecule has 0 spiro atoms. The molecule has 2 heterocycles. The van der Waals surface area contributed by atoms with Crippen LogP contribution >= 0.6 is 0 Å². The summed E-state index contributed by atoms with van der Waals surface area (Å²) in [6.45, 7) is -1.37. The highest BCUT2D eigenvalue weighted by Crippen LogP contribution is 2.41. The normalized spacial score (nSPS) is 13.7. The summed E-state index contributed by atoms with van der Waals surface area (Å²) in [7, 11) is 0. The van der Waals surface area contributed by atoms with Crippen LogP contribution in [0.5, 0.6) is 11.5 Å². The molecular weight excluding hydrogens is 431 g/mol. The van der Waals surface area contributed by atoms with Crippen LogP contribution in [0.3, 0.4) is 0 Å². The molecular formula is C25H21F3N3O2. The fourth-order valence-corrected chi connectivity index (χ4v) is 4.23. The second-order valence-electron chi connectivity index (χ2n) is 8.15. The van der Waals surface area contributed by atoms with E-state index in [1.807, 2.05) is 35.0 Å². The van der Waals surface area contributed by atoms with Crippen molar-refractivity contribution in [3.8, 4) is 17.2 Å². The first kappa shape index (κ1) is 21.3. The van der Waals surface area contributed by atoms with E-state index in [9.17, 15) is 18.3 Å². The minimum Gasteiger partial charge on any atom is -0.434 e. The molecule has 33 heavy (non-hydrogen) atoms. The van der Waals surface area contributed by atoms with E-state index in [1.54, 1.807) is 13.1 Å². The number of hydrogen-bond acceptors (Lipinski definition) is 3. The molecule has 1 fully saturated rings.